The van der Waals surface area contributed by atoms with Crippen LogP contribution in [0.25, 0.3) is 11.1 Å². The van der Waals surface area contributed by atoms with Gasteiger partial charge in [-0.15, -0.1) is 0 Å². The van der Waals surface area contributed by atoms with Crippen molar-refractivity contribution in [1.29, 1.82) is 0 Å². The monoisotopic (exact) mass is 563 g/mol. The van der Waals surface area contributed by atoms with E-state index < -0.39 is 74.3 Å². The van der Waals surface area contributed by atoms with Gasteiger partial charge >= 0.3 is 0 Å². The Morgan fingerprint density at radius 1 is 0.800 bits per heavy atom. The molecule has 2 aliphatic rings. The first-order valence-electron chi connectivity index (χ1n) is 13.1. The molecule has 0 aromatic heterocycles. The summed E-state index contributed by atoms with van der Waals surface area (Å²) in [4.78, 5) is 11.9. The average Bonchev–Trinajstić information content (AvgIpc) is 2.97. The van der Waals surface area contributed by atoms with E-state index in [1.165, 1.54) is 0 Å². The van der Waals surface area contributed by atoms with E-state index in [0.717, 1.165) is 16.7 Å². The minimum atomic E-state index is -1.61. The quantitative estimate of drug-likeness (QED) is 0.190. The normalized spacial score (nSPS) is 34.3. The van der Waals surface area contributed by atoms with Gasteiger partial charge in [0.1, 0.15) is 42.4 Å². The van der Waals surface area contributed by atoms with Gasteiger partial charge in [0.2, 0.25) is 6.29 Å². The van der Waals surface area contributed by atoms with E-state index >= 15 is 0 Å². The molecule has 40 heavy (non-hydrogen) atoms. The van der Waals surface area contributed by atoms with Gasteiger partial charge in [0.15, 0.2) is 0 Å². The lowest BCUT2D eigenvalue weighted by Gasteiger charge is -2.46. The number of hydrogen-bond donors (Lipinski definition) is 8. The largest absolute Gasteiger partial charge is 0.462 e. The molecule has 1 amide bonds. The predicted molar refractivity (Wildman–Crippen MR) is 140 cm³/mol. The molecule has 2 aliphatic heterocycles. The summed E-state index contributed by atoms with van der Waals surface area (Å²) < 4.78 is 17.3. The molecule has 0 radical (unpaired) electrons. The summed E-state index contributed by atoms with van der Waals surface area (Å²) in [5.41, 5.74) is 2.81. The van der Waals surface area contributed by atoms with E-state index in [0.29, 0.717) is 11.3 Å². The van der Waals surface area contributed by atoms with Crippen LogP contribution in [0.5, 0.6) is 5.75 Å². The van der Waals surface area contributed by atoms with Crippen LogP contribution in [0, 0.1) is 12.8 Å². The van der Waals surface area contributed by atoms with Crippen molar-refractivity contribution in [2.75, 3.05) is 20.3 Å². The van der Waals surface area contributed by atoms with Gasteiger partial charge in [0.05, 0.1) is 25.4 Å². The van der Waals surface area contributed by atoms with Gasteiger partial charge in [0.25, 0.3) is 5.91 Å². The lowest BCUT2D eigenvalue weighted by molar-refractivity contribution is -0.278. The third kappa shape index (κ3) is 6.15. The Morgan fingerprint density at radius 2 is 1.40 bits per heavy atom. The minimum Gasteiger partial charge on any atom is -0.462 e. The molecule has 0 unspecified atom stereocenters. The number of hydrogen-bond acceptors (Lipinski definition) is 11. The lowest BCUT2D eigenvalue weighted by Crippen LogP contribution is -2.62. The molecule has 2 aromatic carbocycles. The second-order valence-electron chi connectivity index (χ2n) is 10.2. The number of rotatable bonds is 8. The summed E-state index contributed by atoms with van der Waals surface area (Å²) in [6.45, 7) is 0.595. The van der Waals surface area contributed by atoms with Crippen LogP contribution in [0.3, 0.4) is 0 Å². The number of nitrogens with one attached hydrogen (secondary N) is 1. The highest BCUT2D eigenvalue weighted by molar-refractivity contribution is 5.94. The Kier molecular flexibility index (Phi) is 9.77. The highest BCUT2D eigenvalue weighted by atomic mass is 16.7. The van der Waals surface area contributed by atoms with E-state index in [-0.39, 0.29) is 12.3 Å². The number of amides is 1. The Labute approximate surface area is 231 Å². The summed E-state index contributed by atoms with van der Waals surface area (Å²) in [6.07, 6.45) is -12.5. The second kappa shape index (κ2) is 12.9. The number of aliphatic hydroxyl groups excluding tert-OH is 7. The molecule has 12 nitrogen and oxygen atoms in total. The summed E-state index contributed by atoms with van der Waals surface area (Å²) >= 11 is 0. The van der Waals surface area contributed by atoms with Gasteiger partial charge in [-0.1, -0.05) is 24.3 Å². The molecule has 220 valence electrons. The third-order valence-electron chi connectivity index (χ3n) is 7.66. The molecule has 8 N–H and O–H groups in total. The summed E-state index contributed by atoms with van der Waals surface area (Å²) in [5, 5.41) is 74.6. The van der Waals surface area contributed by atoms with E-state index in [4.69, 9.17) is 14.2 Å². The number of aryl methyl sites for hydroxylation is 1. The Balaban J connectivity index is 1.55. The molecule has 0 saturated carbocycles. The zero-order chi connectivity index (χ0) is 29.1. The highest BCUT2D eigenvalue weighted by Crippen LogP contribution is 2.36. The summed E-state index contributed by atoms with van der Waals surface area (Å²) in [6, 6.07) is 12.4. The number of carbonyl (C=O) groups is 1. The molecule has 4 rings (SSSR count). The van der Waals surface area contributed by atoms with Gasteiger partial charge in [-0.2, -0.15) is 0 Å². The zero-order valence-electron chi connectivity index (χ0n) is 22.2. The van der Waals surface area contributed by atoms with Crippen molar-refractivity contribution >= 4 is 5.91 Å². The maximum atomic E-state index is 11.9. The van der Waals surface area contributed by atoms with Crippen LogP contribution in [0.4, 0.5) is 0 Å². The molecule has 2 aromatic rings. The van der Waals surface area contributed by atoms with E-state index in [1.54, 1.807) is 44.3 Å². The SMILES string of the molecule is CNC(=O)c1ccc(-c2ccc(C)c(O[C@H]3O[C@H](CO)[C@@H](O)[C@H](C[C@H]4O[C@H](CO)[C@@H](O)[C@H](O)[C@@H]4O)[C@@H]3O)c2)cc1. The number of ether oxygens (including phenoxy) is 3. The van der Waals surface area contributed by atoms with Gasteiger partial charge in [0, 0.05) is 18.5 Å². The van der Waals surface area contributed by atoms with Crippen molar-refractivity contribution < 1.29 is 54.8 Å². The molecular formula is C28H37NO11. The fourth-order valence-electron chi connectivity index (χ4n) is 5.17. The van der Waals surface area contributed by atoms with Crippen LogP contribution in [0.1, 0.15) is 22.3 Å². The molecule has 0 aliphatic carbocycles. The molecule has 2 fully saturated rings. The summed E-state index contributed by atoms with van der Waals surface area (Å²) in [5.74, 6) is -0.864. The van der Waals surface area contributed by atoms with E-state index in [1.807, 2.05) is 12.1 Å². The minimum absolute atomic E-state index is 0.194. The molecule has 0 bridgehead atoms. The maximum Gasteiger partial charge on any atom is 0.251 e. The van der Waals surface area contributed by atoms with Crippen molar-refractivity contribution in [2.24, 2.45) is 5.92 Å². The number of aliphatic hydroxyl groups is 7. The van der Waals surface area contributed by atoms with Crippen LogP contribution in [-0.2, 0) is 9.47 Å². The van der Waals surface area contributed by atoms with Crippen LogP contribution in [0.2, 0.25) is 0 Å². The van der Waals surface area contributed by atoms with Crippen molar-refractivity contribution in [3.05, 3.63) is 53.6 Å². The predicted octanol–water partition coefficient (Wildman–Crippen LogP) is -1.31. The first-order valence-corrected chi connectivity index (χ1v) is 13.1. The first kappa shape index (κ1) is 30.3. The standard InChI is InChI=1S/C28H37NO11/c1-13-3-4-16(14-5-7-15(8-6-14)27(37)29-2)9-18(13)39-28-23(33)17(22(32)20(11-30)40-28)10-19-24(34)26(36)25(35)21(12-31)38-19/h3-9,17,19-26,28,30-36H,10-12H2,1-2H3,(H,29,37)/t17-,19+,20+,21+,22-,23-,24+,25+,26+,28-/m0/s1. The molecule has 2 saturated heterocycles. The van der Waals surface area contributed by atoms with Crippen molar-refractivity contribution in [3.63, 3.8) is 0 Å². The topological polar surface area (TPSA) is 198 Å². The average molecular weight is 564 g/mol. The van der Waals surface area contributed by atoms with Crippen LogP contribution >= 0.6 is 0 Å². The fourth-order valence-corrected chi connectivity index (χ4v) is 5.17. The first-order chi connectivity index (χ1) is 19.1. The van der Waals surface area contributed by atoms with Gasteiger partial charge < -0.3 is 55.3 Å². The van der Waals surface area contributed by atoms with Crippen LogP contribution in [-0.4, -0.2) is 117 Å². The maximum absolute atomic E-state index is 11.9. The Hall–Kier alpha value is -2.65. The second-order valence-corrected chi connectivity index (χ2v) is 10.2. The molecule has 2 heterocycles. The van der Waals surface area contributed by atoms with Crippen molar-refractivity contribution in [3.8, 4) is 16.9 Å². The molecule has 10 atom stereocenters. The fraction of sp³-hybridized carbons (Fsp3) is 0.536. The van der Waals surface area contributed by atoms with Crippen LogP contribution < -0.4 is 10.1 Å². The smallest absolute Gasteiger partial charge is 0.251 e. The summed E-state index contributed by atoms with van der Waals surface area (Å²) in [7, 11) is 1.55. The molecule has 0 spiro atoms. The Bertz CT molecular complexity index is 1140. The van der Waals surface area contributed by atoms with Crippen molar-refractivity contribution in [1.82, 2.24) is 5.32 Å². The van der Waals surface area contributed by atoms with E-state index in [2.05, 4.69) is 5.32 Å². The van der Waals surface area contributed by atoms with Crippen LogP contribution in [0.15, 0.2) is 42.5 Å². The number of carbonyl (C=O) groups excluding carboxylic acids is 1. The molecular weight excluding hydrogens is 526 g/mol. The van der Waals surface area contributed by atoms with Gasteiger partial charge in [-0.05, 0) is 48.2 Å². The highest BCUT2D eigenvalue weighted by Gasteiger charge is 2.50. The lowest BCUT2D eigenvalue weighted by atomic mass is 9.81. The van der Waals surface area contributed by atoms with Crippen molar-refractivity contribution in [2.45, 2.75) is 68.5 Å². The number of benzene rings is 2. The molecule has 12 heteroatoms. The van der Waals surface area contributed by atoms with Gasteiger partial charge in [-0.25, -0.2) is 0 Å². The van der Waals surface area contributed by atoms with Gasteiger partial charge in [-0.3, -0.25) is 4.79 Å². The van der Waals surface area contributed by atoms with E-state index in [9.17, 15) is 40.5 Å². The third-order valence-corrected chi connectivity index (χ3v) is 7.66. The Morgan fingerprint density at radius 3 is 2.02 bits per heavy atom. The zero-order valence-corrected chi connectivity index (χ0v) is 22.2.